The van der Waals surface area contributed by atoms with E-state index < -0.39 is 0 Å². The number of aromatic amines is 1. The lowest BCUT2D eigenvalue weighted by atomic mass is 9.95. The second kappa shape index (κ2) is 4.05. The van der Waals surface area contributed by atoms with Crippen molar-refractivity contribution >= 4 is 0 Å². The zero-order valence-electron chi connectivity index (χ0n) is 9.70. The van der Waals surface area contributed by atoms with Crippen LogP contribution < -0.4 is 16.0 Å². The molecule has 1 N–H and O–H groups in total. The minimum Gasteiger partial charge on any atom is -0.478 e. The summed E-state index contributed by atoms with van der Waals surface area (Å²) < 4.78 is 6.64. The van der Waals surface area contributed by atoms with Gasteiger partial charge in [-0.3, -0.25) is 14.3 Å². The molecule has 1 saturated carbocycles. The molecule has 0 bridgehead atoms. The van der Waals surface area contributed by atoms with Crippen molar-refractivity contribution in [3.05, 3.63) is 26.4 Å². The first-order valence-corrected chi connectivity index (χ1v) is 6.28. The summed E-state index contributed by atoms with van der Waals surface area (Å²) in [5.41, 5.74) is 0.172. The van der Waals surface area contributed by atoms with Crippen molar-refractivity contribution in [1.82, 2.24) is 9.55 Å². The SMILES string of the molecule is O=c1[nH]c2c(c(=O)n1C1CCCCC1)CCO2. The number of nitrogens with one attached hydrogen (secondary N) is 1. The van der Waals surface area contributed by atoms with Gasteiger partial charge in [-0.1, -0.05) is 19.3 Å². The summed E-state index contributed by atoms with van der Waals surface area (Å²) in [5, 5.41) is 0. The molecule has 5 heteroatoms. The number of aromatic nitrogens is 2. The van der Waals surface area contributed by atoms with Crippen molar-refractivity contribution in [3.63, 3.8) is 0 Å². The number of fused-ring (bicyclic) bond motifs is 1. The fourth-order valence-corrected chi connectivity index (χ4v) is 2.84. The number of H-pyrrole nitrogens is 1. The molecule has 0 atom stereocenters. The third-order valence-corrected chi connectivity index (χ3v) is 3.73. The van der Waals surface area contributed by atoms with Crippen LogP contribution in [0.3, 0.4) is 0 Å². The molecule has 1 fully saturated rings. The van der Waals surface area contributed by atoms with E-state index in [1.807, 2.05) is 0 Å². The average Bonchev–Trinajstić information content (AvgIpc) is 2.78. The Morgan fingerprint density at radius 2 is 1.94 bits per heavy atom. The van der Waals surface area contributed by atoms with Gasteiger partial charge in [-0.05, 0) is 12.8 Å². The minimum atomic E-state index is -0.317. The average molecular weight is 236 g/mol. The molecule has 0 spiro atoms. The molecule has 1 aliphatic carbocycles. The molecule has 3 rings (SSSR count). The van der Waals surface area contributed by atoms with E-state index in [0.29, 0.717) is 24.5 Å². The highest BCUT2D eigenvalue weighted by Gasteiger charge is 2.25. The van der Waals surface area contributed by atoms with E-state index >= 15 is 0 Å². The Morgan fingerprint density at radius 1 is 1.18 bits per heavy atom. The van der Waals surface area contributed by atoms with Crippen LogP contribution in [-0.4, -0.2) is 16.2 Å². The Morgan fingerprint density at radius 3 is 2.71 bits per heavy atom. The van der Waals surface area contributed by atoms with Gasteiger partial charge in [0.05, 0.1) is 12.2 Å². The lowest BCUT2D eigenvalue weighted by molar-refractivity contribution is 0.324. The molecule has 17 heavy (non-hydrogen) atoms. The summed E-state index contributed by atoms with van der Waals surface area (Å²) in [5.74, 6) is 0.382. The Labute approximate surface area is 98.4 Å². The van der Waals surface area contributed by atoms with E-state index in [1.54, 1.807) is 0 Å². The van der Waals surface area contributed by atoms with Crippen LogP contribution >= 0.6 is 0 Å². The molecule has 0 unspecified atom stereocenters. The minimum absolute atomic E-state index is 0.0749. The van der Waals surface area contributed by atoms with Gasteiger partial charge in [-0.25, -0.2) is 4.79 Å². The normalized spacial score (nSPS) is 20.0. The standard InChI is InChI=1S/C12H16N2O3/c15-11-9-6-7-17-10(9)13-12(16)14(11)8-4-2-1-3-5-8/h8H,1-7H2,(H,13,16). The second-order valence-corrected chi connectivity index (χ2v) is 4.80. The predicted octanol–water partition coefficient (Wildman–Crippen LogP) is 0.977. The highest BCUT2D eigenvalue weighted by atomic mass is 16.5. The van der Waals surface area contributed by atoms with Crippen LogP contribution in [0.4, 0.5) is 0 Å². The van der Waals surface area contributed by atoms with Crippen molar-refractivity contribution in [2.45, 2.75) is 44.6 Å². The number of ether oxygens (including phenoxy) is 1. The third-order valence-electron chi connectivity index (χ3n) is 3.73. The van der Waals surface area contributed by atoms with Crippen LogP contribution in [0.25, 0.3) is 0 Å². The molecule has 1 aromatic heterocycles. The van der Waals surface area contributed by atoms with E-state index in [4.69, 9.17) is 4.74 Å². The maximum Gasteiger partial charge on any atom is 0.331 e. The molecule has 0 amide bonds. The van der Waals surface area contributed by atoms with Gasteiger partial charge in [0, 0.05) is 12.5 Å². The van der Waals surface area contributed by atoms with Gasteiger partial charge < -0.3 is 4.74 Å². The number of hydrogen-bond donors (Lipinski definition) is 1. The number of nitrogens with zero attached hydrogens (tertiary/aromatic N) is 1. The molecule has 2 heterocycles. The van der Waals surface area contributed by atoms with Gasteiger partial charge in [0.1, 0.15) is 0 Å². The molecular weight excluding hydrogens is 220 g/mol. The molecule has 2 aliphatic rings. The van der Waals surface area contributed by atoms with E-state index in [1.165, 1.54) is 11.0 Å². The topological polar surface area (TPSA) is 64.1 Å². The first-order chi connectivity index (χ1) is 8.27. The number of rotatable bonds is 1. The first kappa shape index (κ1) is 10.6. The first-order valence-electron chi connectivity index (χ1n) is 6.28. The summed E-state index contributed by atoms with van der Waals surface area (Å²) >= 11 is 0. The van der Waals surface area contributed by atoms with Crippen LogP contribution in [0, 0.1) is 0 Å². The molecule has 1 aromatic rings. The fraction of sp³-hybridized carbons (Fsp3) is 0.667. The van der Waals surface area contributed by atoms with Crippen LogP contribution in [-0.2, 0) is 6.42 Å². The van der Waals surface area contributed by atoms with E-state index in [-0.39, 0.29) is 17.3 Å². The van der Waals surface area contributed by atoms with Crippen molar-refractivity contribution in [2.24, 2.45) is 0 Å². The van der Waals surface area contributed by atoms with E-state index in [2.05, 4.69) is 4.98 Å². The van der Waals surface area contributed by atoms with Crippen LogP contribution in [0.5, 0.6) is 5.88 Å². The number of hydrogen-bond acceptors (Lipinski definition) is 3. The van der Waals surface area contributed by atoms with Gasteiger partial charge in [-0.2, -0.15) is 0 Å². The van der Waals surface area contributed by atoms with Crippen LogP contribution in [0.2, 0.25) is 0 Å². The molecule has 0 aromatic carbocycles. The zero-order chi connectivity index (χ0) is 11.8. The molecule has 0 saturated heterocycles. The Balaban J connectivity index is 2.10. The summed E-state index contributed by atoms with van der Waals surface area (Å²) in [6.45, 7) is 0.495. The molecule has 5 nitrogen and oxygen atoms in total. The fourth-order valence-electron chi connectivity index (χ4n) is 2.84. The highest BCUT2D eigenvalue weighted by Crippen LogP contribution is 2.26. The molecular formula is C12H16N2O3. The van der Waals surface area contributed by atoms with Gasteiger partial charge >= 0.3 is 5.69 Å². The monoisotopic (exact) mass is 236 g/mol. The summed E-state index contributed by atoms with van der Waals surface area (Å²) in [7, 11) is 0. The Kier molecular flexibility index (Phi) is 2.53. The predicted molar refractivity (Wildman–Crippen MR) is 62.6 cm³/mol. The largest absolute Gasteiger partial charge is 0.478 e. The van der Waals surface area contributed by atoms with Crippen LogP contribution in [0.15, 0.2) is 9.59 Å². The Hall–Kier alpha value is -1.52. The lowest BCUT2D eigenvalue weighted by Gasteiger charge is -2.23. The van der Waals surface area contributed by atoms with Crippen molar-refractivity contribution in [3.8, 4) is 5.88 Å². The van der Waals surface area contributed by atoms with Gasteiger partial charge in [-0.15, -0.1) is 0 Å². The third kappa shape index (κ3) is 1.69. The van der Waals surface area contributed by atoms with Crippen molar-refractivity contribution < 1.29 is 4.74 Å². The summed E-state index contributed by atoms with van der Waals surface area (Å²) in [4.78, 5) is 26.8. The molecule has 92 valence electrons. The maximum absolute atomic E-state index is 12.2. The maximum atomic E-state index is 12.2. The van der Waals surface area contributed by atoms with Gasteiger partial charge in [0.25, 0.3) is 5.56 Å². The molecule has 0 radical (unpaired) electrons. The van der Waals surface area contributed by atoms with Gasteiger partial charge in [0.15, 0.2) is 0 Å². The van der Waals surface area contributed by atoms with E-state index in [9.17, 15) is 9.59 Å². The Bertz CT molecular complexity index is 538. The van der Waals surface area contributed by atoms with Gasteiger partial charge in [0.2, 0.25) is 5.88 Å². The summed E-state index contributed by atoms with van der Waals surface area (Å²) in [6, 6.07) is 0.0749. The van der Waals surface area contributed by atoms with Crippen molar-refractivity contribution in [2.75, 3.05) is 6.61 Å². The highest BCUT2D eigenvalue weighted by molar-refractivity contribution is 5.26. The summed E-state index contributed by atoms with van der Waals surface area (Å²) in [6.07, 6.45) is 5.88. The van der Waals surface area contributed by atoms with E-state index in [0.717, 1.165) is 25.7 Å². The lowest BCUT2D eigenvalue weighted by Crippen LogP contribution is -2.39. The van der Waals surface area contributed by atoms with Crippen molar-refractivity contribution in [1.29, 1.82) is 0 Å². The second-order valence-electron chi connectivity index (χ2n) is 4.80. The smallest absolute Gasteiger partial charge is 0.331 e. The zero-order valence-corrected chi connectivity index (χ0v) is 9.70. The quantitative estimate of drug-likeness (QED) is 0.790. The molecule has 1 aliphatic heterocycles. The van der Waals surface area contributed by atoms with Crippen LogP contribution in [0.1, 0.15) is 43.7 Å².